The number of fused-ring (bicyclic) bond motifs is 1. The van der Waals surface area contributed by atoms with Crippen LogP contribution in [0.3, 0.4) is 0 Å². The first-order valence-electron chi connectivity index (χ1n) is 14.1. The van der Waals surface area contributed by atoms with Gasteiger partial charge in [0, 0.05) is 43.8 Å². The van der Waals surface area contributed by atoms with Gasteiger partial charge in [0.05, 0.1) is 30.2 Å². The molecular weight excluding hydrogens is 547 g/mol. The third-order valence-electron chi connectivity index (χ3n) is 8.65. The predicted octanol–water partition coefficient (Wildman–Crippen LogP) is 4.90. The lowest BCUT2D eigenvalue weighted by molar-refractivity contribution is -0.113. The van der Waals surface area contributed by atoms with Crippen LogP contribution in [0.4, 0.5) is 13.2 Å². The number of nitrogens with zero attached hydrogens (tertiary/aromatic N) is 6. The molecule has 4 heterocycles. The second kappa shape index (κ2) is 10.6. The molecule has 3 aromatic heterocycles. The zero-order chi connectivity index (χ0) is 29.8. The number of amides is 2. The molecule has 9 nitrogen and oxygen atoms in total. The number of nitrogens with one attached hydrogen (secondary N) is 1. The summed E-state index contributed by atoms with van der Waals surface area (Å²) in [4.78, 5) is 36.2. The van der Waals surface area contributed by atoms with Crippen LogP contribution in [-0.2, 0) is 14.1 Å². The number of alkyl halides is 2. The van der Waals surface area contributed by atoms with Gasteiger partial charge in [-0.2, -0.15) is 5.10 Å². The van der Waals surface area contributed by atoms with Gasteiger partial charge in [0.1, 0.15) is 17.0 Å². The van der Waals surface area contributed by atoms with Crippen molar-refractivity contribution in [2.45, 2.75) is 44.6 Å². The Labute approximate surface area is 240 Å². The lowest BCUT2D eigenvalue weighted by Gasteiger charge is -2.38. The second-order valence-corrected chi connectivity index (χ2v) is 11.6. The molecule has 2 aliphatic rings. The number of halogens is 3. The standard InChI is InChI=1S/C30H32F3N7O2/c1-17-4-6-18(7-5-17)25(37-28(41)23-11-13-35-39(23)3)27-36-26-22(38(27)2)9-8-19(24(26)31)21-14-34-12-10-20(21)29(42)40-15-30(32,33)16-40/h8-14,17-18,25H,4-7,15-16H2,1-3H3,(H,37,41)/t17-,18-,25-/m0/s1. The maximum absolute atomic E-state index is 16.3. The van der Waals surface area contributed by atoms with E-state index in [-0.39, 0.29) is 34.0 Å². The highest BCUT2D eigenvalue weighted by molar-refractivity contribution is 6.02. The van der Waals surface area contributed by atoms with Crippen LogP contribution in [0, 0.1) is 17.7 Å². The Morgan fingerprint density at radius 3 is 2.43 bits per heavy atom. The highest BCUT2D eigenvalue weighted by atomic mass is 19.3. The van der Waals surface area contributed by atoms with Crippen molar-refractivity contribution in [3.63, 3.8) is 0 Å². The summed E-state index contributed by atoms with van der Waals surface area (Å²) in [6.07, 6.45) is 8.13. The monoisotopic (exact) mass is 579 g/mol. The molecule has 1 atom stereocenters. The highest BCUT2D eigenvalue weighted by Crippen LogP contribution is 2.39. The Morgan fingerprint density at radius 2 is 1.76 bits per heavy atom. The zero-order valence-electron chi connectivity index (χ0n) is 23.6. The molecule has 12 heteroatoms. The molecule has 0 spiro atoms. The maximum Gasteiger partial charge on any atom is 0.282 e. The lowest BCUT2D eigenvalue weighted by atomic mass is 9.79. The molecule has 4 aromatic rings. The van der Waals surface area contributed by atoms with Gasteiger partial charge in [0.15, 0.2) is 5.82 Å². The van der Waals surface area contributed by atoms with Gasteiger partial charge >= 0.3 is 0 Å². The Morgan fingerprint density at radius 1 is 1.02 bits per heavy atom. The number of rotatable bonds is 6. The molecule has 6 rings (SSSR count). The number of carbonyl (C=O) groups is 2. The molecule has 1 aromatic carbocycles. The normalized spacial score (nSPS) is 20.8. The summed E-state index contributed by atoms with van der Waals surface area (Å²) < 4.78 is 46.5. The summed E-state index contributed by atoms with van der Waals surface area (Å²) in [5.41, 5.74) is 1.41. The van der Waals surface area contributed by atoms with E-state index in [9.17, 15) is 18.4 Å². The SMILES string of the molecule is Cn1nccc1C(=O)N[C@H](c1nc2c(F)c(-c3cnccc3C(=O)N3CC(F)(F)C3)ccc2n1C)[C@H]1CC[C@H](C)CC1. The first-order chi connectivity index (χ1) is 20.0. The summed E-state index contributed by atoms with van der Waals surface area (Å²) in [7, 11) is 3.49. The van der Waals surface area contributed by atoms with E-state index in [4.69, 9.17) is 4.98 Å². The van der Waals surface area contributed by atoms with Gasteiger partial charge in [0.2, 0.25) is 0 Å². The quantitative estimate of drug-likeness (QED) is 0.351. The van der Waals surface area contributed by atoms with E-state index in [1.807, 2.05) is 0 Å². The Kier molecular flexibility index (Phi) is 7.02. The van der Waals surface area contributed by atoms with Crippen molar-refractivity contribution in [2.75, 3.05) is 13.1 Å². The van der Waals surface area contributed by atoms with Gasteiger partial charge in [-0.25, -0.2) is 18.2 Å². The van der Waals surface area contributed by atoms with E-state index in [1.165, 1.54) is 23.1 Å². The van der Waals surface area contributed by atoms with Crippen LogP contribution in [0.1, 0.15) is 65.3 Å². The lowest BCUT2D eigenvalue weighted by Crippen LogP contribution is -2.58. The summed E-state index contributed by atoms with van der Waals surface area (Å²) >= 11 is 0. The number of likely N-dealkylation sites (tertiary alicyclic amines) is 1. The van der Waals surface area contributed by atoms with Crippen LogP contribution < -0.4 is 5.32 Å². The van der Waals surface area contributed by atoms with Crippen LogP contribution in [0.25, 0.3) is 22.2 Å². The van der Waals surface area contributed by atoms with E-state index in [0.29, 0.717) is 23.0 Å². The van der Waals surface area contributed by atoms with Crippen LogP contribution in [0.15, 0.2) is 42.9 Å². The molecule has 1 aliphatic carbocycles. The summed E-state index contributed by atoms with van der Waals surface area (Å²) in [5, 5.41) is 7.26. The number of benzene rings is 1. The highest BCUT2D eigenvalue weighted by Gasteiger charge is 2.46. The third kappa shape index (κ3) is 4.92. The summed E-state index contributed by atoms with van der Waals surface area (Å²) in [5.74, 6) is -3.24. The molecule has 1 N–H and O–H groups in total. The summed E-state index contributed by atoms with van der Waals surface area (Å²) in [6, 6.07) is 5.85. The fourth-order valence-electron chi connectivity index (χ4n) is 6.18. The average Bonchev–Trinajstić information content (AvgIpc) is 3.54. The molecule has 0 unspecified atom stereocenters. The number of carbonyl (C=O) groups excluding carboxylic acids is 2. The largest absolute Gasteiger partial charge is 0.340 e. The zero-order valence-corrected chi connectivity index (χ0v) is 23.6. The minimum atomic E-state index is -2.92. The smallest absolute Gasteiger partial charge is 0.282 e. The molecule has 220 valence electrons. The molecular formula is C30H32F3N7O2. The van der Waals surface area contributed by atoms with E-state index in [0.717, 1.165) is 30.6 Å². The summed E-state index contributed by atoms with van der Waals surface area (Å²) in [6.45, 7) is 0.867. The molecule has 1 aliphatic heterocycles. The molecule has 1 saturated heterocycles. The minimum absolute atomic E-state index is 0.0895. The van der Waals surface area contributed by atoms with Crippen molar-refractivity contribution in [3.05, 3.63) is 65.8 Å². The van der Waals surface area contributed by atoms with Gasteiger partial charge in [0.25, 0.3) is 17.7 Å². The maximum atomic E-state index is 16.3. The topological polar surface area (TPSA) is 97.9 Å². The van der Waals surface area contributed by atoms with Crippen molar-refractivity contribution >= 4 is 22.8 Å². The van der Waals surface area contributed by atoms with Gasteiger partial charge in [-0.15, -0.1) is 0 Å². The van der Waals surface area contributed by atoms with Crippen LogP contribution in [0.5, 0.6) is 0 Å². The fourth-order valence-corrected chi connectivity index (χ4v) is 6.18. The molecule has 1 saturated carbocycles. The predicted molar refractivity (Wildman–Crippen MR) is 149 cm³/mol. The van der Waals surface area contributed by atoms with E-state index in [2.05, 4.69) is 22.3 Å². The second-order valence-electron chi connectivity index (χ2n) is 11.6. The number of aryl methyl sites for hydroxylation is 2. The molecule has 0 radical (unpaired) electrons. The Bertz CT molecular complexity index is 1660. The van der Waals surface area contributed by atoms with Crippen LogP contribution in [-0.4, -0.2) is 60.0 Å². The first kappa shape index (κ1) is 27.9. The van der Waals surface area contributed by atoms with Gasteiger partial charge in [-0.1, -0.05) is 19.8 Å². The van der Waals surface area contributed by atoms with Crippen LogP contribution >= 0.6 is 0 Å². The van der Waals surface area contributed by atoms with Crippen molar-refractivity contribution in [1.82, 2.24) is 34.5 Å². The van der Waals surface area contributed by atoms with E-state index < -0.39 is 36.8 Å². The molecule has 2 amide bonds. The van der Waals surface area contributed by atoms with Crippen molar-refractivity contribution in [2.24, 2.45) is 25.9 Å². The molecule has 42 heavy (non-hydrogen) atoms. The fraction of sp³-hybridized carbons (Fsp3) is 0.433. The number of aromatic nitrogens is 5. The van der Waals surface area contributed by atoms with Gasteiger partial charge in [-0.05, 0) is 48.9 Å². The number of hydrogen-bond donors (Lipinski definition) is 1. The number of imidazole rings is 1. The van der Waals surface area contributed by atoms with E-state index >= 15 is 4.39 Å². The molecule has 0 bridgehead atoms. The number of pyridine rings is 1. The third-order valence-corrected chi connectivity index (χ3v) is 8.65. The van der Waals surface area contributed by atoms with Crippen molar-refractivity contribution < 1.29 is 22.8 Å². The van der Waals surface area contributed by atoms with Gasteiger partial charge < -0.3 is 14.8 Å². The molecule has 2 fully saturated rings. The van der Waals surface area contributed by atoms with Crippen molar-refractivity contribution in [3.8, 4) is 11.1 Å². The van der Waals surface area contributed by atoms with E-state index in [1.54, 1.807) is 43.1 Å². The minimum Gasteiger partial charge on any atom is -0.340 e. The van der Waals surface area contributed by atoms with Crippen LogP contribution in [0.2, 0.25) is 0 Å². The van der Waals surface area contributed by atoms with Crippen molar-refractivity contribution in [1.29, 1.82) is 0 Å². The average molecular weight is 580 g/mol. The Balaban J connectivity index is 1.39. The van der Waals surface area contributed by atoms with Gasteiger partial charge in [-0.3, -0.25) is 19.3 Å². The number of hydrogen-bond acceptors (Lipinski definition) is 5. The first-order valence-corrected chi connectivity index (χ1v) is 14.1. The Hall–Kier alpha value is -4.22.